The molecule has 0 saturated heterocycles. The van der Waals surface area contributed by atoms with E-state index in [0.29, 0.717) is 6.54 Å². The van der Waals surface area contributed by atoms with Crippen molar-refractivity contribution in [2.24, 2.45) is 0 Å². The molecule has 5 heteroatoms. The summed E-state index contributed by atoms with van der Waals surface area (Å²) in [6.07, 6.45) is 0. The molecule has 0 aliphatic carbocycles. The second kappa shape index (κ2) is 8.84. The van der Waals surface area contributed by atoms with E-state index in [1.54, 1.807) is 0 Å². The van der Waals surface area contributed by atoms with Crippen LogP contribution in [0.2, 0.25) is 0 Å². The number of hydrogen-bond acceptors (Lipinski definition) is 2. The summed E-state index contributed by atoms with van der Waals surface area (Å²) in [4.78, 5) is 24.3. The Morgan fingerprint density at radius 2 is 1.50 bits per heavy atom. The molecule has 2 atom stereocenters. The van der Waals surface area contributed by atoms with Gasteiger partial charge in [0.2, 0.25) is 0 Å². The van der Waals surface area contributed by atoms with Gasteiger partial charge in [-0.1, -0.05) is 60.7 Å². The first-order valence-electron chi connectivity index (χ1n) is 8.15. The predicted molar refractivity (Wildman–Crippen MR) is 93.2 cm³/mol. The summed E-state index contributed by atoms with van der Waals surface area (Å²) in [5, 5.41) is 6.97. The fourth-order valence-corrected chi connectivity index (χ4v) is 2.56. The molecule has 3 amide bonds. The second-order valence-electron chi connectivity index (χ2n) is 5.63. The van der Waals surface area contributed by atoms with Crippen molar-refractivity contribution >= 4 is 11.9 Å². The van der Waals surface area contributed by atoms with E-state index in [-0.39, 0.29) is 11.9 Å². The fraction of sp³-hybridized carbons (Fsp3) is 0.263. The largest absolute Gasteiger partial charge is 0.338 e. The van der Waals surface area contributed by atoms with Crippen LogP contribution >= 0.6 is 0 Å². The van der Waals surface area contributed by atoms with Crippen molar-refractivity contribution < 1.29 is 14.9 Å². The van der Waals surface area contributed by atoms with Gasteiger partial charge in [-0.25, -0.2) is 4.79 Å². The lowest BCUT2D eigenvalue weighted by Gasteiger charge is -2.20. The number of amides is 3. The minimum Gasteiger partial charge on any atom is -0.338 e. The molecule has 2 rings (SSSR count). The third-order valence-electron chi connectivity index (χ3n) is 3.82. The number of quaternary nitrogens is 1. The molecule has 0 aliphatic heterocycles. The third kappa shape index (κ3) is 4.93. The Bertz CT molecular complexity index is 659. The van der Waals surface area contributed by atoms with Gasteiger partial charge < -0.3 is 10.6 Å². The number of nitrogens with two attached hydrogens (primary N) is 1. The number of carbonyl (C=O) groups is 2. The molecule has 0 bridgehead atoms. The number of rotatable bonds is 6. The molecular weight excluding hydrogens is 302 g/mol. The minimum absolute atomic E-state index is 0.0800. The highest BCUT2D eigenvalue weighted by Gasteiger charge is 2.28. The van der Waals surface area contributed by atoms with Gasteiger partial charge in [-0.05, 0) is 13.8 Å². The molecule has 0 heterocycles. The lowest BCUT2D eigenvalue weighted by molar-refractivity contribution is -0.719. The van der Waals surface area contributed by atoms with Crippen molar-refractivity contribution in [1.82, 2.24) is 10.6 Å². The molecule has 5 nitrogen and oxygen atoms in total. The molecule has 0 aliphatic rings. The normalized spacial score (nSPS) is 12.9. The lowest BCUT2D eigenvalue weighted by atomic mass is 10.0. The molecule has 4 N–H and O–H groups in total. The van der Waals surface area contributed by atoms with E-state index in [1.165, 1.54) is 0 Å². The highest BCUT2D eigenvalue weighted by Crippen LogP contribution is 2.13. The quantitative estimate of drug-likeness (QED) is 0.758. The number of urea groups is 1. The summed E-state index contributed by atoms with van der Waals surface area (Å²) in [5.41, 5.74) is 1.99. The van der Waals surface area contributed by atoms with Crippen molar-refractivity contribution in [3.8, 4) is 0 Å². The molecule has 0 fully saturated rings. The van der Waals surface area contributed by atoms with Crippen molar-refractivity contribution in [1.29, 1.82) is 0 Å². The van der Waals surface area contributed by atoms with Gasteiger partial charge >= 0.3 is 6.03 Å². The molecule has 24 heavy (non-hydrogen) atoms. The van der Waals surface area contributed by atoms with Gasteiger partial charge in [0.25, 0.3) is 5.91 Å². The van der Waals surface area contributed by atoms with Crippen molar-refractivity contribution in [2.45, 2.75) is 25.9 Å². The van der Waals surface area contributed by atoms with Crippen molar-refractivity contribution in [3.05, 3.63) is 71.8 Å². The highest BCUT2D eigenvalue weighted by molar-refractivity contribution is 5.96. The van der Waals surface area contributed by atoms with Crippen LogP contribution in [0.1, 0.15) is 37.1 Å². The van der Waals surface area contributed by atoms with Gasteiger partial charge in [-0.15, -0.1) is 0 Å². The van der Waals surface area contributed by atoms with Crippen LogP contribution in [-0.4, -0.2) is 18.5 Å². The first-order chi connectivity index (χ1) is 11.6. The molecule has 0 radical (unpaired) electrons. The van der Waals surface area contributed by atoms with E-state index in [9.17, 15) is 9.59 Å². The average molecular weight is 326 g/mol. The predicted octanol–water partition coefficient (Wildman–Crippen LogP) is 1.90. The van der Waals surface area contributed by atoms with E-state index in [4.69, 9.17) is 0 Å². The Balaban J connectivity index is 2.17. The van der Waals surface area contributed by atoms with E-state index < -0.39 is 12.1 Å². The summed E-state index contributed by atoms with van der Waals surface area (Å²) >= 11 is 0. The number of imide groups is 1. The Morgan fingerprint density at radius 3 is 2.04 bits per heavy atom. The molecule has 0 spiro atoms. The maximum atomic E-state index is 12.6. The van der Waals surface area contributed by atoms with E-state index in [1.807, 2.05) is 79.8 Å². The van der Waals surface area contributed by atoms with Crippen LogP contribution in [0, 0.1) is 0 Å². The molecule has 0 aromatic heterocycles. The monoisotopic (exact) mass is 326 g/mol. The number of carbonyl (C=O) groups excluding carboxylic acids is 2. The summed E-state index contributed by atoms with van der Waals surface area (Å²) in [6.45, 7) is 4.33. The van der Waals surface area contributed by atoms with Crippen LogP contribution in [0.4, 0.5) is 4.79 Å². The average Bonchev–Trinajstić information content (AvgIpc) is 2.61. The highest BCUT2D eigenvalue weighted by atomic mass is 16.2. The molecule has 2 aromatic rings. The third-order valence-corrected chi connectivity index (χ3v) is 3.82. The number of hydrogen-bond donors (Lipinski definition) is 3. The van der Waals surface area contributed by atoms with Crippen LogP contribution in [0.3, 0.4) is 0 Å². The topological polar surface area (TPSA) is 74.8 Å². The molecule has 0 saturated carbocycles. The Hall–Kier alpha value is -2.66. The molecule has 126 valence electrons. The summed E-state index contributed by atoms with van der Waals surface area (Å²) in [6, 6.07) is 18.6. The van der Waals surface area contributed by atoms with E-state index in [0.717, 1.165) is 11.1 Å². The Kier molecular flexibility index (Phi) is 6.51. The van der Waals surface area contributed by atoms with Gasteiger partial charge in [0.1, 0.15) is 6.04 Å². The van der Waals surface area contributed by atoms with Gasteiger partial charge in [-0.3, -0.25) is 10.1 Å². The number of nitrogens with one attached hydrogen (secondary N) is 2. The lowest BCUT2D eigenvalue weighted by Crippen LogP contribution is -2.88. The van der Waals surface area contributed by atoms with E-state index in [2.05, 4.69) is 10.6 Å². The van der Waals surface area contributed by atoms with Crippen molar-refractivity contribution in [3.63, 3.8) is 0 Å². The van der Waals surface area contributed by atoms with Gasteiger partial charge in [0.05, 0.1) is 0 Å². The zero-order chi connectivity index (χ0) is 17.4. The van der Waals surface area contributed by atoms with E-state index >= 15 is 0 Å². The van der Waals surface area contributed by atoms with Gasteiger partial charge in [-0.2, -0.15) is 0 Å². The fourth-order valence-electron chi connectivity index (χ4n) is 2.56. The summed E-state index contributed by atoms with van der Waals surface area (Å²) in [7, 11) is 0. The first kappa shape index (κ1) is 17.7. The maximum Gasteiger partial charge on any atom is 0.321 e. The Morgan fingerprint density at radius 1 is 0.958 bits per heavy atom. The zero-order valence-corrected chi connectivity index (χ0v) is 14.0. The summed E-state index contributed by atoms with van der Waals surface area (Å²) in [5.74, 6) is -0.324. The maximum absolute atomic E-state index is 12.6. The van der Waals surface area contributed by atoms with Crippen LogP contribution in [-0.2, 0) is 4.79 Å². The molecular formula is C19H24N3O2+. The smallest absolute Gasteiger partial charge is 0.321 e. The van der Waals surface area contributed by atoms with Gasteiger partial charge in [0, 0.05) is 17.7 Å². The Labute approximate surface area is 142 Å². The van der Waals surface area contributed by atoms with Crippen LogP contribution < -0.4 is 16.0 Å². The van der Waals surface area contributed by atoms with Crippen molar-refractivity contribution in [2.75, 3.05) is 6.54 Å². The molecule has 0 unspecified atom stereocenters. The van der Waals surface area contributed by atoms with Crippen LogP contribution in [0.25, 0.3) is 0 Å². The first-order valence-corrected chi connectivity index (χ1v) is 8.15. The van der Waals surface area contributed by atoms with Gasteiger partial charge in [0.15, 0.2) is 6.04 Å². The molecule has 2 aromatic carbocycles. The van der Waals surface area contributed by atoms with Crippen LogP contribution in [0.5, 0.6) is 0 Å². The standard InChI is InChI=1S/C19H23N3O2/c1-3-20-19(24)22-18(23)17(16-12-8-5-9-13-16)21-14(2)15-10-6-4-7-11-15/h4-14,17,21H,3H2,1-2H3,(H2,20,22,23,24)/p+1/t14-,17-/m0/s1. The van der Waals surface area contributed by atoms with Crippen LogP contribution in [0.15, 0.2) is 60.7 Å². The number of benzene rings is 2. The SMILES string of the molecule is CCNC(=O)NC(=O)[C@@H]([NH2+][C@@H](C)c1ccccc1)c1ccccc1. The second-order valence-corrected chi connectivity index (χ2v) is 5.63. The minimum atomic E-state index is -0.496. The summed E-state index contributed by atoms with van der Waals surface area (Å²) < 4.78 is 0. The zero-order valence-electron chi connectivity index (χ0n) is 14.0.